The maximum atomic E-state index is 12.4. The third-order valence-corrected chi connectivity index (χ3v) is 7.08. The van der Waals surface area contributed by atoms with Crippen molar-refractivity contribution in [1.29, 1.82) is 0 Å². The summed E-state index contributed by atoms with van der Waals surface area (Å²) in [6.07, 6.45) is 2.15. The molecule has 0 aliphatic carbocycles. The van der Waals surface area contributed by atoms with Crippen molar-refractivity contribution in [3.8, 4) is 0 Å². The van der Waals surface area contributed by atoms with E-state index in [1.165, 1.54) is 11.8 Å². The average molecular weight is 374 g/mol. The van der Waals surface area contributed by atoms with Gasteiger partial charge in [-0.1, -0.05) is 39.5 Å². The third-order valence-electron chi connectivity index (χ3n) is 5.05. The zero-order chi connectivity index (χ0) is 18.1. The molecule has 0 spiro atoms. The van der Waals surface area contributed by atoms with Crippen LogP contribution < -0.4 is 5.32 Å². The Morgan fingerprint density at radius 2 is 2.08 bits per heavy atom. The second kappa shape index (κ2) is 7.48. The van der Waals surface area contributed by atoms with Gasteiger partial charge in [-0.25, -0.2) is 0 Å². The molecule has 7 heteroatoms. The van der Waals surface area contributed by atoms with Crippen LogP contribution in [0.3, 0.4) is 0 Å². The number of carbonyl (C=O) groups excluding carboxylic acids is 2. The highest BCUT2D eigenvalue weighted by Crippen LogP contribution is 2.49. The van der Waals surface area contributed by atoms with Crippen LogP contribution in [0, 0.1) is 11.3 Å². The van der Waals surface area contributed by atoms with E-state index in [9.17, 15) is 9.59 Å². The molecule has 0 radical (unpaired) electrons. The molecule has 0 aromatic rings. The third kappa shape index (κ3) is 3.74. The molecule has 0 saturated carbocycles. The van der Waals surface area contributed by atoms with Gasteiger partial charge in [0.15, 0.2) is 9.04 Å². The molecule has 0 aromatic heterocycles. The van der Waals surface area contributed by atoms with Gasteiger partial charge >= 0.3 is 0 Å². The van der Waals surface area contributed by atoms with E-state index in [2.05, 4.69) is 46.1 Å². The van der Waals surface area contributed by atoms with Gasteiger partial charge in [0.1, 0.15) is 6.10 Å². The zero-order valence-electron chi connectivity index (χ0n) is 15.7. The first-order valence-corrected chi connectivity index (χ1v) is 12.6. The van der Waals surface area contributed by atoms with Crippen molar-refractivity contribution >= 4 is 31.8 Å². The van der Waals surface area contributed by atoms with Crippen molar-refractivity contribution < 1.29 is 18.8 Å². The largest absolute Gasteiger partial charge is 0.414 e. The van der Waals surface area contributed by atoms with Crippen molar-refractivity contribution in [2.75, 3.05) is 6.61 Å². The first-order valence-electron chi connectivity index (χ1n) is 8.92. The van der Waals surface area contributed by atoms with Gasteiger partial charge in [0.05, 0.1) is 16.9 Å². The highest BCUT2D eigenvalue weighted by Gasteiger charge is 2.59. The van der Waals surface area contributed by atoms with Crippen LogP contribution in [0.5, 0.6) is 0 Å². The molecule has 2 saturated heterocycles. The van der Waals surface area contributed by atoms with Gasteiger partial charge in [0.25, 0.3) is 0 Å². The Morgan fingerprint density at radius 1 is 1.42 bits per heavy atom. The highest BCUT2D eigenvalue weighted by molar-refractivity contribution is 8.14. The molecular formula is C17H31NO4SSi. The summed E-state index contributed by atoms with van der Waals surface area (Å²) in [5.74, 6) is -0.299. The van der Waals surface area contributed by atoms with Gasteiger partial charge in [0.2, 0.25) is 11.0 Å². The van der Waals surface area contributed by atoms with Crippen LogP contribution in [0.4, 0.5) is 0 Å². The molecule has 24 heavy (non-hydrogen) atoms. The Balaban J connectivity index is 2.20. The molecule has 0 unspecified atom stereocenters. The van der Waals surface area contributed by atoms with E-state index in [1.54, 1.807) is 0 Å². The van der Waals surface area contributed by atoms with Gasteiger partial charge in [-0.15, -0.1) is 0 Å². The molecule has 5 nitrogen and oxygen atoms in total. The number of ether oxygens (including phenoxy) is 1. The van der Waals surface area contributed by atoms with E-state index in [0.29, 0.717) is 6.61 Å². The second-order valence-corrected chi connectivity index (χ2v) is 11.5. The minimum Gasteiger partial charge on any atom is -0.414 e. The molecule has 4 atom stereocenters. The summed E-state index contributed by atoms with van der Waals surface area (Å²) in [7, 11) is -1.36. The van der Waals surface area contributed by atoms with E-state index in [0.717, 1.165) is 19.3 Å². The van der Waals surface area contributed by atoms with Crippen molar-refractivity contribution in [2.45, 2.75) is 77.1 Å². The number of carbonyl (C=O) groups is 2. The fourth-order valence-electron chi connectivity index (χ4n) is 3.84. The Labute approximate surface area is 151 Å². The Kier molecular flexibility index (Phi) is 6.21. The van der Waals surface area contributed by atoms with Crippen LogP contribution in [0.25, 0.3) is 0 Å². The molecule has 1 amide bonds. The van der Waals surface area contributed by atoms with Crippen LogP contribution in [0.1, 0.15) is 47.0 Å². The number of β-lactam (4-membered cyclic amide) rings is 1. The highest BCUT2D eigenvalue weighted by atomic mass is 32.2. The minimum atomic E-state index is -1.36. The second-order valence-electron chi connectivity index (χ2n) is 8.01. The van der Waals surface area contributed by atoms with E-state index < -0.39 is 14.6 Å². The summed E-state index contributed by atoms with van der Waals surface area (Å²) in [6, 6.07) is 0. The lowest BCUT2D eigenvalue weighted by molar-refractivity contribution is -0.157. The Morgan fingerprint density at radius 3 is 2.50 bits per heavy atom. The molecule has 2 aliphatic rings. The van der Waals surface area contributed by atoms with Gasteiger partial charge in [-0.05, 0) is 37.8 Å². The molecular weight excluding hydrogens is 342 g/mol. The Hall–Kier alpha value is -0.373. The van der Waals surface area contributed by atoms with Crippen molar-refractivity contribution in [2.24, 2.45) is 11.3 Å². The maximum Gasteiger partial charge on any atom is 0.229 e. The average Bonchev–Trinajstić information content (AvgIpc) is 2.98. The molecule has 0 aromatic carbocycles. The van der Waals surface area contributed by atoms with Crippen LogP contribution >= 0.6 is 11.8 Å². The number of rotatable bonds is 6. The van der Waals surface area contributed by atoms with Crippen LogP contribution in [-0.4, -0.2) is 43.7 Å². The van der Waals surface area contributed by atoms with Crippen LogP contribution in [0.2, 0.25) is 13.1 Å². The number of hydrogen-bond acceptors (Lipinski definition) is 5. The summed E-state index contributed by atoms with van der Waals surface area (Å²) in [4.78, 5) is 24.9. The quantitative estimate of drug-likeness (QED) is 0.573. The van der Waals surface area contributed by atoms with Crippen molar-refractivity contribution in [3.05, 3.63) is 0 Å². The lowest BCUT2D eigenvalue weighted by atomic mass is 9.65. The minimum absolute atomic E-state index is 0.000865. The summed E-state index contributed by atoms with van der Waals surface area (Å²) < 4.78 is 12.0. The molecule has 2 aliphatic heterocycles. The first-order chi connectivity index (χ1) is 11.1. The van der Waals surface area contributed by atoms with Gasteiger partial charge in [-0.2, -0.15) is 0 Å². The van der Waals surface area contributed by atoms with E-state index >= 15 is 0 Å². The standard InChI is InChI=1S/C17H31NO4SSi/c1-7-17(16(2,3)4,22-24(5)6)12-13(19)18-14(12)23-15(20)11-9-8-10-21-11/h11-12,14,24H,7-10H2,1-6H3,(H,18,19)/t11-,12+,14-,17-/m1/s1. The van der Waals surface area contributed by atoms with E-state index in [4.69, 9.17) is 9.16 Å². The SMILES string of the molecule is CC[C@@](O[SiH](C)C)([C@H]1C(=O)N[C@@H]1SC(=O)[C@H]1CCCO1)C(C)(C)C. The van der Waals surface area contributed by atoms with E-state index in [-0.39, 0.29) is 33.8 Å². The molecule has 138 valence electrons. The summed E-state index contributed by atoms with van der Waals surface area (Å²) in [6.45, 7) is 13.4. The van der Waals surface area contributed by atoms with Gasteiger partial charge in [0, 0.05) is 6.61 Å². The van der Waals surface area contributed by atoms with Gasteiger partial charge < -0.3 is 14.5 Å². The molecule has 2 rings (SSSR count). The summed E-state index contributed by atoms with van der Waals surface area (Å²) >= 11 is 1.22. The van der Waals surface area contributed by atoms with E-state index in [1.807, 2.05) is 0 Å². The summed E-state index contributed by atoms with van der Waals surface area (Å²) in [5.41, 5.74) is -0.725. The monoisotopic (exact) mass is 373 g/mol. The normalized spacial score (nSPS) is 30.0. The van der Waals surface area contributed by atoms with Crippen molar-refractivity contribution in [3.63, 3.8) is 0 Å². The first kappa shape index (κ1) is 19.9. The predicted molar refractivity (Wildman–Crippen MR) is 99.4 cm³/mol. The van der Waals surface area contributed by atoms with Gasteiger partial charge in [-0.3, -0.25) is 9.59 Å². The lowest BCUT2D eigenvalue weighted by Gasteiger charge is -2.55. The van der Waals surface area contributed by atoms with Crippen LogP contribution in [0.15, 0.2) is 0 Å². The topological polar surface area (TPSA) is 64.6 Å². The number of nitrogens with one attached hydrogen (secondary N) is 1. The molecule has 2 heterocycles. The van der Waals surface area contributed by atoms with Crippen molar-refractivity contribution in [1.82, 2.24) is 5.32 Å². The predicted octanol–water partition coefficient (Wildman–Crippen LogP) is 2.69. The molecule has 1 N–H and O–H groups in total. The molecule has 0 bridgehead atoms. The lowest BCUT2D eigenvalue weighted by Crippen LogP contribution is -2.70. The fraction of sp³-hybridized carbons (Fsp3) is 0.882. The zero-order valence-corrected chi connectivity index (χ0v) is 17.7. The molecule has 2 fully saturated rings. The number of amides is 1. The number of hydrogen-bond donors (Lipinski definition) is 1. The summed E-state index contributed by atoms with van der Waals surface area (Å²) in [5, 5.41) is 2.72. The van der Waals surface area contributed by atoms with Crippen LogP contribution in [-0.2, 0) is 18.8 Å². The number of thioether (sulfide) groups is 1. The maximum absolute atomic E-state index is 12.4. The Bertz CT molecular complexity index is 487. The smallest absolute Gasteiger partial charge is 0.229 e. The fourth-order valence-corrected chi connectivity index (χ4v) is 6.59.